The van der Waals surface area contributed by atoms with Gasteiger partial charge in [-0.2, -0.15) is 0 Å². The predicted octanol–water partition coefficient (Wildman–Crippen LogP) is 0.780. The Kier molecular flexibility index (Phi) is 3.05. The zero-order valence-electron chi connectivity index (χ0n) is 8.10. The van der Waals surface area contributed by atoms with Crippen molar-refractivity contribution in [1.82, 2.24) is 14.9 Å². The van der Waals surface area contributed by atoms with Crippen molar-refractivity contribution in [2.75, 3.05) is 0 Å². The van der Waals surface area contributed by atoms with Crippen molar-refractivity contribution in [2.45, 2.75) is 31.7 Å². The summed E-state index contributed by atoms with van der Waals surface area (Å²) < 4.78 is 3.63. The van der Waals surface area contributed by atoms with Crippen molar-refractivity contribution in [3.05, 3.63) is 11.1 Å². The van der Waals surface area contributed by atoms with Crippen molar-refractivity contribution in [1.29, 1.82) is 0 Å². The van der Waals surface area contributed by atoms with E-state index in [0.717, 1.165) is 24.4 Å². The van der Waals surface area contributed by atoms with E-state index in [-0.39, 0.29) is 17.7 Å². The first-order chi connectivity index (χ1) is 7.25. The molecule has 1 aromatic rings. The summed E-state index contributed by atoms with van der Waals surface area (Å²) in [4.78, 5) is 22.6. The minimum Gasteiger partial charge on any atom is -0.348 e. The third-order valence-corrected chi connectivity index (χ3v) is 2.98. The SMILES string of the molecule is O=C1CCC(NC(=O)c2csnn2)CC1. The molecule has 0 aliphatic heterocycles. The lowest BCUT2D eigenvalue weighted by Crippen LogP contribution is -2.37. The molecule has 0 unspecified atom stereocenters. The van der Waals surface area contributed by atoms with E-state index in [1.165, 1.54) is 0 Å². The number of hydrogen-bond acceptors (Lipinski definition) is 5. The average Bonchev–Trinajstić information content (AvgIpc) is 2.74. The highest BCUT2D eigenvalue weighted by atomic mass is 32.1. The molecule has 1 saturated carbocycles. The lowest BCUT2D eigenvalue weighted by Gasteiger charge is -2.21. The predicted molar refractivity (Wildman–Crippen MR) is 54.6 cm³/mol. The summed E-state index contributed by atoms with van der Waals surface area (Å²) in [7, 11) is 0. The van der Waals surface area contributed by atoms with E-state index < -0.39 is 0 Å². The molecule has 0 saturated heterocycles. The van der Waals surface area contributed by atoms with Gasteiger partial charge in [-0.05, 0) is 24.4 Å². The molecule has 1 amide bonds. The van der Waals surface area contributed by atoms with Gasteiger partial charge in [0.1, 0.15) is 5.78 Å². The molecule has 2 rings (SSSR count). The van der Waals surface area contributed by atoms with Crippen molar-refractivity contribution < 1.29 is 9.59 Å². The van der Waals surface area contributed by atoms with Crippen molar-refractivity contribution in [3.8, 4) is 0 Å². The summed E-state index contributed by atoms with van der Waals surface area (Å²) in [6.45, 7) is 0. The van der Waals surface area contributed by atoms with Gasteiger partial charge in [-0.15, -0.1) is 5.10 Å². The first kappa shape index (κ1) is 10.2. The maximum atomic E-state index is 11.6. The van der Waals surface area contributed by atoms with Gasteiger partial charge in [-0.3, -0.25) is 9.59 Å². The smallest absolute Gasteiger partial charge is 0.272 e. The molecule has 0 radical (unpaired) electrons. The van der Waals surface area contributed by atoms with E-state index in [4.69, 9.17) is 0 Å². The fourth-order valence-corrected chi connectivity index (χ4v) is 2.04. The van der Waals surface area contributed by atoms with E-state index in [1.807, 2.05) is 0 Å². The van der Waals surface area contributed by atoms with Crippen LogP contribution in [-0.2, 0) is 4.79 Å². The maximum Gasteiger partial charge on any atom is 0.272 e. The fraction of sp³-hybridized carbons (Fsp3) is 0.556. The minimum absolute atomic E-state index is 0.108. The Morgan fingerprint density at radius 1 is 1.47 bits per heavy atom. The number of nitrogens with one attached hydrogen (secondary N) is 1. The Morgan fingerprint density at radius 3 is 2.80 bits per heavy atom. The lowest BCUT2D eigenvalue weighted by atomic mass is 9.94. The van der Waals surface area contributed by atoms with Gasteiger partial charge < -0.3 is 5.32 Å². The summed E-state index contributed by atoms with van der Waals surface area (Å²) >= 11 is 1.15. The number of hydrogen-bond donors (Lipinski definition) is 1. The molecular formula is C9H11N3O2S. The fourth-order valence-electron chi connectivity index (χ4n) is 1.61. The van der Waals surface area contributed by atoms with Gasteiger partial charge in [0.2, 0.25) is 0 Å². The summed E-state index contributed by atoms with van der Waals surface area (Å²) in [5, 5.41) is 8.16. The van der Waals surface area contributed by atoms with Crippen LogP contribution in [0.4, 0.5) is 0 Å². The molecule has 1 heterocycles. The molecule has 6 heteroatoms. The van der Waals surface area contributed by atoms with Crippen LogP contribution in [0.5, 0.6) is 0 Å². The molecule has 0 bridgehead atoms. The van der Waals surface area contributed by atoms with Gasteiger partial charge in [-0.1, -0.05) is 4.49 Å². The van der Waals surface area contributed by atoms with Crippen molar-refractivity contribution in [3.63, 3.8) is 0 Å². The number of aromatic nitrogens is 2. The Balaban J connectivity index is 1.87. The summed E-state index contributed by atoms with van der Waals surface area (Å²) in [5.74, 6) is 0.0962. The topological polar surface area (TPSA) is 72.0 Å². The first-order valence-electron chi connectivity index (χ1n) is 4.85. The first-order valence-corrected chi connectivity index (χ1v) is 5.69. The van der Waals surface area contributed by atoms with Gasteiger partial charge in [0.15, 0.2) is 5.69 Å². The van der Waals surface area contributed by atoms with Crippen LogP contribution in [0.3, 0.4) is 0 Å². The highest BCUT2D eigenvalue weighted by molar-refractivity contribution is 7.03. The Bertz CT molecular complexity index is 353. The molecule has 0 spiro atoms. The summed E-state index contributed by atoms with van der Waals surface area (Å²) in [5.41, 5.74) is 0.358. The standard InChI is InChI=1S/C9H11N3O2S/c13-7-3-1-6(2-4-7)10-9(14)8-5-15-12-11-8/h5-6H,1-4H2,(H,10,14). The monoisotopic (exact) mass is 225 g/mol. The van der Waals surface area contributed by atoms with E-state index in [2.05, 4.69) is 14.9 Å². The second kappa shape index (κ2) is 4.48. The van der Waals surface area contributed by atoms with Crippen LogP contribution < -0.4 is 5.32 Å². The van der Waals surface area contributed by atoms with Crippen LogP contribution in [-0.4, -0.2) is 27.3 Å². The van der Waals surface area contributed by atoms with Crippen molar-refractivity contribution >= 4 is 23.2 Å². The van der Waals surface area contributed by atoms with Crippen LogP contribution in [0.2, 0.25) is 0 Å². The average molecular weight is 225 g/mol. The van der Waals surface area contributed by atoms with Gasteiger partial charge in [0, 0.05) is 24.3 Å². The zero-order valence-corrected chi connectivity index (χ0v) is 8.92. The highest BCUT2D eigenvalue weighted by Crippen LogP contribution is 2.15. The number of Topliss-reactive ketones (excluding diaryl/α,β-unsaturated/α-hetero) is 1. The molecule has 1 aromatic heterocycles. The van der Waals surface area contributed by atoms with E-state index in [1.54, 1.807) is 5.38 Å². The minimum atomic E-state index is -0.192. The number of ketones is 1. The third kappa shape index (κ3) is 2.59. The van der Waals surface area contributed by atoms with Crippen LogP contribution >= 0.6 is 11.5 Å². The second-order valence-corrected chi connectivity index (χ2v) is 4.19. The number of rotatable bonds is 2. The van der Waals surface area contributed by atoms with E-state index >= 15 is 0 Å². The van der Waals surface area contributed by atoms with Gasteiger partial charge in [0.05, 0.1) is 0 Å². The molecule has 0 aromatic carbocycles. The Hall–Kier alpha value is -1.30. The quantitative estimate of drug-likeness (QED) is 0.807. The third-order valence-electron chi connectivity index (χ3n) is 2.47. The molecule has 1 aliphatic carbocycles. The summed E-state index contributed by atoms with van der Waals surface area (Å²) in [6.07, 6.45) is 2.62. The molecule has 15 heavy (non-hydrogen) atoms. The molecule has 80 valence electrons. The summed E-state index contributed by atoms with van der Waals surface area (Å²) in [6, 6.07) is 0.108. The van der Waals surface area contributed by atoms with Crippen LogP contribution in [0, 0.1) is 0 Å². The molecule has 1 N–H and O–H groups in total. The molecular weight excluding hydrogens is 214 g/mol. The molecule has 1 aliphatic rings. The lowest BCUT2D eigenvalue weighted by molar-refractivity contribution is -0.120. The largest absolute Gasteiger partial charge is 0.348 e. The van der Waals surface area contributed by atoms with E-state index in [0.29, 0.717) is 18.5 Å². The van der Waals surface area contributed by atoms with E-state index in [9.17, 15) is 9.59 Å². The molecule has 1 fully saturated rings. The van der Waals surface area contributed by atoms with Crippen LogP contribution in [0.25, 0.3) is 0 Å². The number of carbonyl (C=O) groups excluding carboxylic acids is 2. The highest BCUT2D eigenvalue weighted by Gasteiger charge is 2.21. The number of nitrogens with zero attached hydrogens (tertiary/aromatic N) is 2. The Morgan fingerprint density at radius 2 is 2.20 bits per heavy atom. The van der Waals surface area contributed by atoms with Gasteiger partial charge in [-0.25, -0.2) is 0 Å². The van der Waals surface area contributed by atoms with Crippen LogP contribution in [0.1, 0.15) is 36.2 Å². The maximum absolute atomic E-state index is 11.6. The molecule has 5 nitrogen and oxygen atoms in total. The van der Waals surface area contributed by atoms with Crippen LogP contribution in [0.15, 0.2) is 5.38 Å². The Labute approximate surface area is 91.0 Å². The second-order valence-electron chi connectivity index (χ2n) is 3.58. The van der Waals surface area contributed by atoms with Gasteiger partial charge in [0.25, 0.3) is 5.91 Å². The molecule has 0 atom stereocenters. The number of carbonyl (C=O) groups is 2. The number of amides is 1. The van der Waals surface area contributed by atoms with Gasteiger partial charge >= 0.3 is 0 Å². The normalized spacial score (nSPS) is 17.7. The zero-order chi connectivity index (χ0) is 10.7. The van der Waals surface area contributed by atoms with Crippen molar-refractivity contribution in [2.24, 2.45) is 0 Å².